The molecule has 1 saturated heterocycles. The Morgan fingerprint density at radius 3 is 2.76 bits per heavy atom. The lowest BCUT2D eigenvalue weighted by atomic mass is 10.2. The quantitative estimate of drug-likeness (QED) is 0.857. The maximum absolute atomic E-state index is 13.0. The Balaban J connectivity index is 1.23. The van der Waals surface area contributed by atoms with E-state index in [1.165, 1.54) is 29.1 Å². The van der Waals surface area contributed by atoms with E-state index in [9.17, 15) is 4.39 Å². The number of aromatic nitrogens is 2. The molecular weight excluding hydrogens is 337 g/mol. The number of hydrogen-bond acceptors (Lipinski definition) is 5. The molecule has 2 N–H and O–H groups in total. The Morgan fingerprint density at radius 2 is 1.96 bits per heavy atom. The molecule has 0 aliphatic carbocycles. The lowest BCUT2D eigenvalue weighted by molar-refractivity contribution is 0.267. The summed E-state index contributed by atoms with van der Waals surface area (Å²) in [6, 6.07) is 6.81. The van der Waals surface area contributed by atoms with Crippen LogP contribution in [0, 0.1) is 5.82 Å². The van der Waals surface area contributed by atoms with Crippen LogP contribution in [0.3, 0.4) is 0 Å². The van der Waals surface area contributed by atoms with Crippen molar-refractivity contribution in [1.82, 2.24) is 15.1 Å². The standard InChI is InChI=1S/C18H24FN5S/c19-14-1-3-15(4-2-14)24-10-8-23(9-11-24)7-6-20-18-16-13-25-12-5-17(16)21-22-18/h1-4H,5-13H2,(H2,20,21,22). The predicted molar refractivity (Wildman–Crippen MR) is 102 cm³/mol. The summed E-state index contributed by atoms with van der Waals surface area (Å²) in [6.07, 6.45) is 1.10. The SMILES string of the molecule is Fc1ccc(N2CCN(CCNc3n[nH]c4c3CSCC4)CC2)cc1. The second kappa shape index (κ2) is 7.66. The molecule has 0 atom stereocenters. The van der Waals surface area contributed by atoms with Crippen molar-refractivity contribution in [2.75, 3.05) is 55.2 Å². The molecule has 0 unspecified atom stereocenters. The van der Waals surface area contributed by atoms with Gasteiger partial charge in [-0.2, -0.15) is 16.9 Å². The molecule has 7 heteroatoms. The van der Waals surface area contributed by atoms with Crippen molar-refractivity contribution in [3.63, 3.8) is 0 Å². The Labute approximate surface area is 152 Å². The van der Waals surface area contributed by atoms with Crippen LogP contribution in [0.5, 0.6) is 0 Å². The number of hydrogen-bond donors (Lipinski definition) is 2. The molecule has 1 aromatic heterocycles. The van der Waals surface area contributed by atoms with Gasteiger partial charge in [0.1, 0.15) is 5.82 Å². The molecule has 2 aliphatic heterocycles. The number of piperazine rings is 1. The summed E-state index contributed by atoms with van der Waals surface area (Å²) in [5, 5.41) is 11.1. The van der Waals surface area contributed by atoms with E-state index in [-0.39, 0.29) is 5.82 Å². The maximum atomic E-state index is 13.0. The number of aryl methyl sites for hydroxylation is 1. The number of anilines is 2. The lowest BCUT2D eigenvalue weighted by Crippen LogP contribution is -2.47. The number of halogens is 1. The first-order valence-corrected chi connectivity index (χ1v) is 10.1. The number of rotatable bonds is 5. The van der Waals surface area contributed by atoms with Gasteiger partial charge >= 0.3 is 0 Å². The van der Waals surface area contributed by atoms with Crippen LogP contribution < -0.4 is 10.2 Å². The summed E-state index contributed by atoms with van der Waals surface area (Å²) in [5.41, 5.74) is 3.77. The molecular formula is C18H24FN5S. The second-order valence-corrected chi connectivity index (χ2v) is 7.67. The number of fused-ring (bicyclic) bond motifs is 1. The molecule has 0 radical (unpaired) electrons. The second-order valence-electron chi connectivity index (χ2n) is 6.56. The topological polar surface area (TPSA) is 47.2 Å². The van der Waals surface area contributed by atoms with Gasteiger partial charge in [0.15, 0.2) is 5.82 Å². The average Bonchev–Trinajstić information content (AvgIpc) is 3.06. The molecule has 5 nitrogen and oxygen atoms in total. The highest BCUT2D eigenvalue weighted by Crippen LogP contribution is 2.28. The monoisotopic (exact) mass is 361 g/mol. The van der Waals surface area contributed by atoms with Gasteiger partial charge in [-0.25, -0.2) is 4.39 Å². The molecule has 4 rings (SSSR count). The van der Waals surface area contributed by atoms with E-state index in [2.05, 4.69) is 25.3 Å². The van der Waals surface area contributed by atoms with Gasteiger partial charge in [0.2, 0.25) is 0 Å². The number of thioether (sulfide) groups is 1. The summed E-state index contributed by atoms with van der Waals surface area (Å²) in [7, 11) is 0. The molecule has 1 aromatic carbocycles. The Morgan fingerprint density at radius 1 is 1.16 bits per heavy atom. The van der Waals surface area contributed by atoms with Crippen LogP contribution >= 0.6 is 11.8 Å². The van der Waals surface area contributed by atoms with Gasteiger partial charge < -0.3 is 10.2 Å². The zero-order valence-electron chi connectivity index (χ0n) is 14.3. The highest BCUT2D eigenvalue weighted by atomic mass is 32.2. The van der Waals surface area contributed by atoms with Gasteiger partial charge in [-0.05, 0) is 36.4 Å². The largest absolute Gasteiger partial charge is 0.369 e. The van der Waals surface area contributed by atoms with Crippen LogP contribution in [0.2, 0.25) is 0 Å². The Bertz CT molecular complexity index is 694. The summed E-state index contributed by atoms with van der Waals surface area (Å²) < 4.78 is 13.0. The molecule has 134 valence electrons. The highest BCUT2D eigenvalue weighted by Gasteiger charge is 2.19. The first kappa shape index (κ1) is 16.7. The van der Waals surface area contributed by atoms with E-state index < -0.39 is 0 Å². The van der Waals surface area contributed by atoms with Gasteiger partial charge in [-0.3, -0.25) is 10.00 Å². The van der Waals surface area contributed by atoms with E-state index in [1.54, 1.807) is 0 Å². The number of benzene rings is 1. The molecule has 3 heterocycles. The molecule has 0 saturated carbocycles. The van der Waals surface area contributed by atoms with Crippen LogP contribution in [-0.2, 0) is 12.2 Å². The minimum atomic E-state index is -0.174. The van der Waals surface area contributed by atoms with Crippen molar-refractivity contribution in [2.24, 2.45) is 0 Å². The van der Waals surface area contributed by atoms with Crippen LogP contribution in [0.1, 0.15) is 11.3 Å². The molecule has 0 amide bonds. The summed E-state index contributed by atoms with van der Waals surface area (Å²) in [4.78, 5) is 4.80. The van der Waals surface area contributed by atoms with Crippen molar-refractivity contribution in [2.45, 2.75) is 12.2 Å². The van der Waals surface area contributed by atoms with Crippen LogP contribution in [0.25, 0.3) is 0 Å². The van der Waals surface area contributed by atoms with Crippen LogP contribution in [-0.4, -0.2) is 60.1 Å². The van der Waals surface area contributed by atoms with Crippen LogP contribution in [0.4, 0.5) is 15.9 Å². The molecule has 0 bridgehead atoms. The smallest absolute Gasteiger partial charge is 0.152 e. The zero-order chi connectivity index (χ0) is 17.1. The van der Waals surface area contributed by atoms with Gasteiger partial charge in [0.25, 0.3) is 0 Å². The predicted octanol–water partition coefficient (Wildman–Crippen LogP) is 2.57. The summed E-state index contributed by atoms with van der Waals surface area (Å²) in [6.45, 7) is 5.98. The molecule has 2 aliphatic rings. The summed E-state index contributed by atoms with van der Waals surface area (Å²) in [5.74, 6) is 3.11. The lowest BCUT2D eigenvalue weighted by Gasteiger charge is -2.36. The van der Waals surface area contributed by atoms with E-state index in [0.717, 1.165) is 62.9 Å². The molecule has 25 heavy (non-hydrogen) atoms. The maximum Gasteiger partial charge on any atom is 0.152 e. The molecule has 0 spiro atoms. The molecule has 1 fully saturated rings. The van der Waals surface area contributed by atoms with Gasteiger partial charge in [0, 0.05) is 62.0 Å². The molecule has 2 aromatic rings. The Hall–Kier alpha value is -1.73. The first-order chi connectivity index (χ1) is 12.3. The normalized spacial score (nSPS) is 18.2. The van der Waals surface area contributed by atoms with E-state index in [1.807, 2.05) is 23.9 Å². The van der Waals surface area contributed by atoms with E-state index in [0.29, 0.717) is 0 Å². The minimum absolute atomic E-state index is 0.174. The van der Waals surface area contributed by atoms with Crippen LogP contribution in [0.15, 0.2) is 24.3 Å². The van der Waals surface area contributed by atoms with Gasteiger partial charge in [-0.1, -0.05) is 0 Å². The van der Waals surface area contributed by atoms with Gasteiger partial charge in [-0.15, -0.1) is 0 Å². The van der Waals surface area contributed by atoms with Gasteiger partial charge in [0.05, 0.1) is 0 Å². The summed E-state index contributed by atoms with van der Waals surface area (Å²) >= 11 is 1.98. The van der Waals surface area contributed by atoms with Crippen molar-refractivity contribution in [3.8, 4) is 0 Å². The number of nitrogens with one attached hydrogen (secondary N) is 2. The zero-order valence-corrected chi connectivity index (χ0v) is 15.1. The van der Waals surface area contributed by atoms with E-state index >= 15 is 0 Å². The number of aromatic amines is 1. The van der Waals surface area contributed by atoms with Crippen molar-refractivity contribution < 1.29 is 4.39 Å². The van der Waals surface area contributed by atoms with Crippen molar-refractivity contribution in [1.29, 1.82) is 0 Å². The fourth-order valence-corrected chi connectivity index (χ4v) is 4.48. The third-order valence-electron chi connectivity index (χ3n) is 4.98. The number of H-pyrrole nitrogens is 1. The first-order valence-electron chi connectivity index (χ1n) is 8.90. The Kier molecular flexibility index (Phi) is 5.12. The number of nitrogens with zero attached hydrogens (tertiary/aromatic N) is 3. The average molecular weight is 361 g/mol. The fraction of sp³-hybridized carbons (Fsp3) is 0.500. The third-order valence-corrected chi connectivity index (χ3v) is 5.97. The minimum Gasteiger partial charge on any atom is -0.369 e. The third kappa shape index (κ3) is 3.93. The van der Waals surface area contributed by atoms with Crippen molar-refractivity contribution in [3.05, 3.63) is 41.3 Å². The van der Waals surface area contributed by atoms with E-state index in [4.69, 9.17) is 0 Å². The van der Waals surface area contributed by atoms with Crippen molar-refractivity contribution >= 4 is 23.3 Å². The highest BCUT2D eigenvalue weighted by molar-refractivity contribution is 7.98. The fourth-order valence-electron chi connectivity index (χ4n) is 3.47.